The maximum Gasteiger partial charge on any atom is 0.243 e. The Bertz CT molecular complexity index is 536. The van der Waals surface area contributed by atoms with E-state index in [0.717, 1.165) is 31.4 Å². The lowest BCUT2D eigenvalue weighted by molar-refractivity contribution is 0.305. The Morgan fingerprint density at radius 2 is 1.80 bits per heavy atom. The van der Waals surface area contributed by atoms with Gasteiger partial charge >= 0.3 is 0 Å². The summed E-state index contributed by atoms with van der Waals surface area (Å²) in [6.07, 6.45) is 0.813. The molecule has 2 rings (SSSR count). The molecule has 1 saturated heterocycles. The molecule has 0 radical (unpaired) electrons. The minimum absolute atomic E-state index is 0.160. The van der Waals surface area contributed by atoms with Gasteiger partial charge in [0.15, 0.2) is 0 Å². The number of nitrogens with zero attached hydrogens (tertiary/aromatic N) is 2. The fourth-order valence-corrected chi connectivity index (χ4v) is 4.26. The molecule has 0 atom stereocenters. The molecule has 20 heavy (non-hydrogen) atoms. The third-order valence-corrected chi connectivity index (χ3v) is 5.67. The van der Waals surface area contributed by atoms with Gasteiger partial charge in [0.2, 0.25) is 10.0 Å². The summed E-state index contributed by atoms with van der Waals surface area (Å²) in [5.41, 5.74) is 0. The van der Waals surface area contributed by atoms with Crippen LogP contribution in [0.25, 0.3) is 0 Å². The van der Waals surface area contributed by atoms with Crippen LogP contribution in [-0.4, -0.2) is 55.7 Å². The van der Waals surface area contributed by atoms with Crippen LogP contribution in [0.3, 0.4) is 0 Å². The molecule has 0 spiro atoms. The highest BCUT2D eigenvalue weighted by Gasteiger charge is 2.26. The Balaban J connectivity index is 2.11. The molecule has 1 aromatic carbocycles. The number of alkyl halides is 1. The number of rotatable bonds is 4. The van der Waals surface area contributed by atoms with Crippen molar-refractivity contribution in [3.8, 4) is 0 Å². The van der Waals surface area contributed by atoms with Crippen LogP contribution in [0, 0.1) is 5.82 Å². The highest BCUT2D eigenvalue weighted by atomic mass is 79.9. The van der Waals surface area contributed by atoms with Gasteiger partial charge in [0.05, 0.1) is 4.90 Å². The van der Waals surface area contributed by atoms with E-state index in [9.17, 15) is 12.8 Å². The highest BCUT2D eigenvalue weighted by Crippen LogP contribution is 2.18. The molecule has 0 unspecified atom stereocenters. The molecule has 0 N–H and O–H groups in total. The zero-order chi connectivity index (χ0) is 14.6. The van der Waals surface area contributed by atoms with E-state index >= 15 is 0 Å². The summed E-state index contributed by atoms with van der Waals surface area (Å²) < 4.78 is 39.4. The Morgan fingerprint density at radius 1 is 1.10 bits per heavy atom. The second kappa shape index (κ2) is 6.98. The number of halogens is 2. The van der Waals surface area contributed by atoms with Gasteiger partial charge in [0.1, 0.15) is 5.82 Å². The maximum atomic E-state index is 12.9. The normalized spacial score (nSPS) is 18.9. The number of benzene rings is 1. The van der Waals surface area contributed by atoms with Crippen LogP contribution in [0.15, 0.2) is 29.2 Å². The molecule has 112 valence electrons. The quantitative estimate of drug-likeness (QED) is 0.766. The Hall–Kier alpha value is -0.500. The van der Waals surface area contributed by atoms with E-state index < -0.39 is 15.8 Å². The van der Waals surface area contributed by atoms with Gasteiger partial charge in [-0.25, -0.2) is 12.8 Å². The fourth-order valence-electron chi connectivity index (χ4n) is 2.29. The van der Waals surface area contributed by atoms with Crippen LogP contribution < -0.4 is 0 Å². The Labute approximate surface area is 127 Å². The number of hydrogen-bond donors (Lipinski definition) is 0. The van der Waals surface area contributed by atoms with E-state index in [2.05, 4.69) is 20.8 Å². The van der Waals surface area contributed by atoms with Gasteiger partial charge in [-0.2, -0.15) is 4.31 Å². The molecule has 0 bridgehead atoms. The lowest BCUT2D eigenvalue weighted by Crippen LogP contribution is -2.35. The molecule has 1 aliphatic heterocycles. The van der Waals surface area contributed by atoms with E-state index in [0.29, 0.717) is 13.1 Å². The minimum atomic E-state index is -3.51. The highest BCUT2D eigenvalue weighted by molar-refractivity contribution is 9.09. The van der Waals surface area contributed by atoms with Crippen molar-refractivity contribution in [2.24, 2.45) is 0 Å². The van der Waals surface area contributed by atoms with Crippen molar-refractivity contribution in [1.29, 1.82) is 0 Å². The standard InChI is InChI=1S/C13H18BrFN2O2S/c14-6-9-16-7-1-8-17(11-10-16)20(18,19)13-4-2-12(15)3-5-13/h2-5H,1,6-11H2. The van der Waals surface area contributed by atoms with Crippen molar-refractivity contribution >= 4 is 26.0 Å². The van der Waals surface area contributed by atoms with Crippen LogP contribution in [0.5, 0.6) is 0 Å². The third kappa shape index (κ3) is 3.78. The van der Waals surface area contributed by atoms with E-state index in [1.807, 2.05) is 0 Å². The molecule has 0 saturated carbocycles. The van der Waals surface area contributed by atoms with Gasteiger partial charge < -0.3 is 4.90 Å². The van der Waals surface area contributed by atoms with Crippen LogP contribution in [0.2, 0.25) is 0 Å². The summed E-state index contributed by atoms with van der Waals surface area (Å²) in [5.74, 6) is -0.427. The van der Waals surface area contributed by atoms with Crippen LogP contribution >= 0.6 is 15.9 Å². The molecule has 7 heteroatoms. The molecule has 0 aromatic heterocycles. The zero-order valence-electron chi connectivity index (χ0n) is 11.1. The first-order chi connectivity index (χ1) is 9.54. The second-order valence-corrected chi connectivity index (χ2v) is 7.47. The monoisotopic (exact) mass is 364 g/mol. The smallest absolute Gasteiger partial charge is 0.243 e. The predicted molar refractivity (Wildman–Crippen MR) is 80.0 cm³/mol. The molecule has 1 heterocycles. The minimum Gasteiger partial charge on any atom is -0.301 e. The van der Waals surface area contributed by atoms with Gasteiger partial charge in [-0.3, -0.25) is 0 Å². The fraction of sp³-hybridized carbons (Fsp3) is 0.538. The molecule has 1 fully saturated rings. The summed E-state index contributed by atoms with van der Waals surface area (Å²) >= 11 is 3.40. The maximum absolute atomic E-state index is 12.9. The van der Waals surface area contributed by atoms with Crippen LogP contribution in [0.4, 0.5) is 4.39 Å². The summed E-state index contributed by atoms with van der Waals surface area (Å²) in [6.45, 7) is 3.54. The first kappa shape index (κ1) is 15.9. The van der Waals surface area contributed by atoms with Crippen molar-refractivity contribution in [2.75, 3.05) is 38.1 Å². The van der Waals surface area contributed by atoms with Gasteiger partial charge in [0.25, 0.3) is 0 Å². The van der Waals surface area contributed by atoms with Gasteiger partial charge in [-0.15, -0.1) is 0 Å². The van der Waals surface area contributed by atoms with Gasteiger partial charge in [-0.05, 0) is 37.2 Å². The predicted octanol–water partition coefficient (Wildman–Crippen LogP) is 1.92. The number of hydrogen-bond acceptors (Lipinski definition) is 3. The SMILES string of the molecule is O=S(=O)(c1ccc(F)cc1)N1CCCN(CCBr)CC1. The van der Waals surface area contributed by atoms with Gasteiger partial charge in [-0.1, -0.05) is 15.9 Å². The first-order valence-corrected chi connectivity index (χ1v) is 9.14. The average molecular weight is 365 g/mol. The average Bonchev–Trinajstić information content (AvgIpc) is 2.66. The van der Waals surface area contributed by atoms with Crippen LogP contribution in [0.1, 0.15) is 6.42 Å². The van der Waals surface area contributed by atoms with Crippen molar-refractivity contribution in [3.05, 3.63) is 30.1 Å². The number of sulfonamides is 1. The van der Waals surface area contributed by atoms with E-state index in [1.54, 1.807) is 0 Å². The van der Waals surface area contributed by atoms with Crippen molar-refractivity contribution in [1.82, 2.24) is 9.21 Å². The first-order valence-electron chi connectivity index (χ1n) is 6.58. The van der Waals surface area contributed by atoms with Crippen molar-refractivity contribution in [3.63, 3.8) is 0 Å². The van der Waals surface area contributed by atoms with E-state index in [-0.39, 0.29) is 4.90 Å². The Kier molecular flexibility index (Phi) is 5.54. The summed E-state index contributed by atoms with van der Waals surface area (Å²) in [7, 11) is -3.51. The van der Waals surface area contributed by atoms with Crippen LogP contribution in [-0.2, 0) is 10.0 Å². The molecular weight excluding hydrogens is 347 g/mol. The third-order valence-electron chi connectivity index (χ3n) is 3.40. The molecular formula is C13H18BrFN2O2S. The summed E-state index contributed by atoms with van der Waals surface area (Å²) in [6, 6.07) is 5.02. The van der Waals surface area contributed by atoms with E-state index in [4.69, 9.17) is 0 Å². The topological polar surface area (TPSA) is 40.6 Å². The summed E-state index contributed by atoms with van der Waals surface area (Å²) in [4.78, 5) is 2.41. The van der Waals surface area contributed by atoms with Gasteiger partial charge in [0, 0.05) is 31.5 Å². The lowest BCUT2D eigenvalue weighted by Gasteiger charge is -2.21. The largest absolute Gasteiger partial charge is 0.301 e. The molecule has 0 aliphatic carbocycles. The second-order valence-electron chi connectivity index (χ2n) is 4.74. The molecule has 1 aliphatic rings. The lowest BCUT2D eigenvalue weighted by atomic mass is 10.4. The molecule has 4 nitrogen and oxygen atoms in total. The zero-order valence-corrected chi connectivity index (χ0v) is 13.5. The van der Waals surface area contributed by atoms with E-state index in [1.165, 1.54) is 28.6 Å². The Morgan fingerprint density at radius 3 is 2.45 bits per heavy atom. The van der Waals surface area contributed by atoms with Crippen molar-refractivity contribution in [2.45, 2.75) is 11.3 Å². The molecule has 0 amide bonds. The molecule has 1 aromatic rings. The summed E-state index contributed by atoms with van der Waals surface area (Å²) in [5, 5.41) is 0.887. The van der Waals surface area contributed by atoms with Crippen molar-refractivity contribution < 1.29 is 12.8 Å².